The number of hydrogen-bond donors (Lipinski definition) is 2. The van der Waals surface area contributed by atoms with Crippen LogP contribution in [0.3, 0.4) is 0 Å². The molecule has 4 aliphatic carbocycles. The first-order valence-electron chi connectivity index (χ1n) is 19.5. The van der Waals surface area contributed by atoms with Gasteiger partial charge in [-0.3, -0.25) is 19.8 Å². The molecule has 0 radical (unpaired) electrons. The fraction of sp³-hybridized carbons (Fsp3) is 0.537. The largest absolute Gasteiger partial charge is 0.381 e. The fourth-order valence-corrected chi connectivity index (χ4v) is 11.2. The van der Waals surface area contributed by atoms with Gasteiger partial charge in [0.15, 0.2) is 0 Å². The van der Waals surface area contributed by atoms with Crippen LogP contribution in [0, 0.1) is 39.7 Å². The summed E-state index contributed by atoms with van der Waals surface area (Å²) in [5, 5.41) is 14.9. The van der Waals surface area contributed by atoms with Crippen LogP contribution < -0.4 is 14.9 Å². The minimum absolute atomic E-state index is 0.192. The lowest BCUT2D eigenvalue weighted by Crippen LogP contribution is -2.46. The standard InChI is InChI=1S/C41H51N5O6S/c47-41(43-53(50,51)36-9-10-39(40(25-36)46(48)49)42-26-28-11-17-52-18-12-28)32-5-7-35(8-6-32)45-15-13-44(14-16-45)27-33-3-1-2-4-37(33)38-24-31-20-29-19-30(21-31)23-34(38)22-29/h1-10,25,28-31,34,38,42H,11-24,26-27H2,(H,43,47). The molecule has 2 N–H and O–H groups in total. The smallest absolute Gasteiger partial charge is 0.293 e. The molecular weight excluding hydrogens is 691 g/mol. The number of nitrogens with one attached hydrogen (secondary N) is 2. The molecule has 11 nitrogen and oxygen atoms in total. The second kappa shape index (κ2) is 15.4. The highest BCUT2D eigenvalue weighted by Crippen LogP contribution is 2.56. The van der Waals surface area contributed by atoms with Crippen LogP contribution in [0.1, 0.15) is 78.8 Å². The first kappa shape index (κ1) is 36.0. The summed E-state index contributed by atoms with van der Waals surface area (Å²) in [7, 11) is -4.36. The summed E-state index contributed by atoms with van der Waals surface area (Å²) in [4.78, 5) is 28.8. The van der Waals surface area contributed by atoms with Crippen LogP contribution >= 0.6 is 0 Å². The van der Waals surface area contributed by atoms with Crippen molar-refractivity contribution in [2.75, 3.05) is 56.2 Å². The zero-order chi connectivity index (χ0) is 36.5. The van der Waals surface area contributed by atoms with Crippen molar-refractivity contribution in [3.63, 3.8) is 0 Å². The van der Waals surface area contributed by atoms with Gasteiger partial charge in [0.2, 0.25) is 0 Å². The lowest BCUT2D eigenvalue weighted by atomic mass is 9.67. The van der Waals surface area contributed by atoms with Gasteiger partial charge in [-0.2, -0.15) is 0 Å². The number of rotatable bonds is 11. The number of ether oxygens (including phenoxy) is 1. The number of piperazine rings is 1. The fourth-order valence-electron chi connectivity index (χ4n) is 10.2. The van der Waals surface area contributed by atoms with Crippen molar-refractivity contribution in [1.29, 1.82) is 0 Å². The van der Waals surface area contributed by atoms with Crippen LogP contribution in [0.5, 0.6) is 0 Å². The van der Waals surface area contributed by atoms with E-state index in [9.17, 15) is 23.3 Å². The second-order valence-electron chi connectivity index (χ2n) is 16.2. The van der Waals surface area contributed by atoms with Gasteiger partial charge in [-0.05, 0) is 134 Å². The zero-order valence-corrected chi connectivity index (χ0v) is 31.1. The van der Waals surface area contributed by atoms with Crippen molar-refractivity contribution in [3.05, 3.63) is 93.5 Å². The molecule has 2 aliphatic heterocycles. The first-order chi connectivity index (χ1) is 25.7. The molecule has 2 saturated heterocycles. The predicted molar refractivity (Wildman–Crippen MR) is 205 cm³/mol. The summed E-state index contributed by atoms with van der Waals surface area (Å²) < 4.78 is 33.8. The lowest BCUT2D eigenvalue weighted by Gasteiger charge is -2.39. The highest BCUT2D eigenvalue weighted by Gasteiger charge is 2.44. The molecule has 3 unspecified atom stereocenters. The quantitative estimate of drug-likeness (QED) is 0.161. The Hall–Kier alpha value is -4.00. The number of anilines is 2. The van der Waals surface area contributed by atoms with Gasteiger partial charge in [-0.1, -0.05) is 24.3 Å². The van der Waals surface area contributed by atoms with E-state index in [1.165, 1.54) is 56.2 Å². The van der Waals surface area contributed by atoms with Gasteiger partial charge in [-0.25, -0.2) is 13.1 Å². The Morgan fingerprint density at radius 3 is 2.23 bits per heavy atom. The molecule has 282 valence electrons. The van der Waals surface area contributed by atoms with Crippen LogP contribution in [0.4, 0.5) is 17.1 Å². The van der Waals surface area contributed by atoms with Crippen LogP contribution in [-0.4, -0.2) is 70.1 Å². The number of carbonyl (C=O) groups excluding carboxylic acids is 1. The Kier molecular flexibility index (Phi) is 10.5. The van der Waals surface area contributed by atoms with Crippen LogP contribution in [-0.2, 0) is 21.3 Å². The zero-order valence-electron chi connectivity index (χ0n) is 30.3. The third-order valence-electron chi connectivity index (χ3n) is 12.8. The average molecular weight is 742 g/mol. The number of sulfonamides is 1. The number of nitro benzene ring substituents is 1. The van der Waals surface area contributed by atoms with Crippen molar-refractivity contribution >= 4 is 33.0 Å². The number of benzene rings is 3. The van der Waals surface area contributed by atoms with Crippen molar-refractivity contribution in [2.24, 2.45) is 29.6 Å². The summed E-state index contributed by atoms with van der Waals surface area (Å²) in [6.45, 7) is 6.39. The van der Waals surface area contributed by atoms with E-state index in [1.54, 1.807) is 17.7 Å². The van der Waals surface area contributed by atoms with Crippen molar-refractivity contribution in [1.82, 2.24) is 9.62 Å². The van der Waals surface area contributed by atoms with Crippen LogP contribution in [0.2, 0.25) is 0 Å². The van der Waals surface area contributed by atoms with Crippen molar-refractivity contribution in [2.45, 2.75) is 68.7 Å². The highest BCUT2D eigenvalue weighted by molar-refractivity contribution is 7.90. The molecule has 4 saturated carbocycles. The van der Waals surface area contributed by atoms with Gasteiger partial charge in [0.25, 0.3) is 21.6 Å². The molecule has 0 aromatic heterocycles. The minimum atomic E-state index is -4.36. The first-order valence-corrected chi connectivity index (χ1v) is 21.0. The molecule has 3 aromatic carbocycles. The highest BCUT2D eigenvalue weighted by atomic mass is 32.2. The molecule has 4 bridgehead atoms. The number of fused-ring (bicyclic) bond motifs is 1. The van der Waals surface area contributed by atoms with Gasteiger partial charge in [-0.15, -0.1) is 0 Å². The predicted octanol–water partition coefficient (Wildman–Crippen LogP) is 6.80. The Morgan fingerprint density at radius 1 is 0.849 bits per heavy atom. The molecule has 0 spiro atoms. The minimum Gasteiger partial charge on any atom is -0.381 e. The maximum absolute atomic E-state index is 13.2. The summed E-state index contributed by atoms with van der Waals surface area (Å²) in [5.74, 6) is 3.90. The third-order valence-corrected chi connectivity index (χ3v) is 14.1. The Bertz CT molecular complexity index is 1890. The van der Waals surface area contributed by atoms with E-state index in [2.05, 4.69) is 44.1 Å². The molecular formula is C41H51N5O6S. The van der Waals surface area contributed by atoms with E-state index >= 15 is 0 Å². The van der Waals surface area contributed by atoms with Gasteiger partial charge >= 0.3 is 0 Å². The number of hydrogen-bond acceptors (Lipinski definition) is 9. The van der Waals surface area contributed by atoms with Crippen LogP contribution in [0.25, 0.3) is 0 Å². The van der Waals surface area contributed by atoms with E-state index in [4.69, 9.17) is 4.74 Å². The summed E-state index contributed by atoms with van der Waals surface area (Å²) in [6.07, 6.45) is 10.3. The average Bonchev–Trinajstić information content (AvgIpc) is 3.37. The van der Waals surface area contributed by atoms with Crippen LogP contribution in [0.15, 0.2) is 71.6 Å². The summed E-state index contributed by atoms with van der Waals surface area (Å²) in [6, 6.07) is 19.8. The molecule has 1 amide bonds. The molecule has 2 heterocycles. The SMILES string of the molecule is O=C(NS(=O)(=O)c1ccc(NCC2CCOCC2)c([N+](=O)[O-])c1)c1ccc(N2CCN(Cc3ccccc3C3CC4CC5CC(C4)CC3C5)CC2)cc1. The Morgan fingerprint density at radius 2 is 1.53 bits per heavy atom. The van der Waals surface area contributed by atoms with E-state index in [-0.39, 0.29) is 21.8 Å². The Labute approximate surface area is 312 Å². The molecule has 53 heavy (non-hydrogen) atoms. The monoisotopic (exact) mass is 741 g/mol. The molecule has 9 rings (SSSR count). The van der Waals surface area contributed by atoms with Gasteiger partial charge in [0.1, 0.15) is 5.69 Å². The van der Waals surface area contributed by atoms with Crippen molar-refractivity contribution < 1.29 is 22.9 Å². The maximum Gasteiger partial charge on any atom is 0.293 e. The number of carbonyl (C=O) groups is 1. The molecule has 6 aliphatic rings. The summed E-state index contributed by atoms with van der Waals surface area (Å²) in [5.41, 5.74) is 4.13. The number of amides is 1. The van der Waals surface area contributed by atoms with E-state index in [0.717, 1.165) is 81.0 Å². The maximum atomic E-state index is 13.2. The Balaban J connectivity index is 0.859. The van der Waals surface area contributed by atoms with Gasteiger partial charge in [0, 0.05) is 69.8 Å². The number of nitro groups is 1. The molecule has 12 heteroatoms. The van der Waals surface area contributed by atoms with E-state index in [0.29, 0.717) is 31.6 Å². The summed E-state index contributed by atoms with van der Waals surface area (Å²) >= 11 is 0. The van der Waals surface area contributed by atoms with Gasteiger partial charge in [0.05, 0.1) is 9.82 Å². The normalized spacial score (nSPS) is 26.3. The van der Waals surface area contributed by atoms with E-state index in [1.807, 2.05) is 12.1 Å². The van der Waals surface area contributed by atoms with Crippen molar-refractivity contribution in [3.8, 4) is 0 Å². The number of nitrogens with zero attached hydrogens (tertiary/aromatic N) is 3. The van der Waals surface area contributed by atoms with Gasteiger partial charge < -0.3 is 15.0 Å². The third kappa shape index (κ3) is 8.10. The molecule has 3 aromatic rings. The van der Waals surface area contributed by atoms with E-state index < -0.39 is 20.9 Å². The second-order valence-corrected chi connectivity index (χ2v) is 17.9. The topological polar surface area (TPSA) is 134 Å². The lowest BCUT2D eigenvalue weighted by molar-refractivity contribution is -0.384. The molecule has 6 fully saturated rings. The molecule has 3 atom stereocenters.